The molecule has 0 aliphatic rings. The first-order valence-electron chi connectivity index (χ1n) is 10.6. The molecule has 0 saturated carbocycles. The van der Waals surface area contributed by atoms with Crippen molar-refractivity contribution in [1.29, 1.82) is 0 Å². The maximum atomic E-state index is 9.85. The van der Waals surface area contributed by atoms with Crippen molar-refractivity contribution >= 4 is 11.3 Å². The summed E-state index contributed by atoms with van der Waals surface area (Å²) in [6.07, 6.45) is 10.6. The van der Waals surface area contributed by atoms with Gasteiger partial charge in [-0.05, 0) is 83.7 Å². The molecule has 1 atom stereocenters. The third kappa shape index (κ3) is 8.59. The van der Waals surface area contributed by atoms with Crippen LogP contribution in [0.4, 0.5) is 0 Å². The molecule has 0 radical (unpaired) electrons. The number of aliphatic hydroxyl groups excluding tert-OH is 1. The Bertz CT molecular complexity index is 766. The van der Waals surface area contributed by atoms with Crippen LogP contribution in [-0.4, -0.2) is 18.3 Å². The fraction of sp³-hybridized carbons (Fsp3) is 0.462. The van der Waals surface area contributed by atoms with Gasteiger partial charge in [0.25, 0.3) is 0 Å². The lowest BCUT2D eigenvalue weighted by Crippen LogP contribution is -2.15. The van der Waals surface area contributed by atoms with Gasteiger partial charge in [0, 0.05) is 5.92 Å². The van der Waals surface area contributed by atoms with Gasteiger partial charge in [-0.1, -0.05) is 51.1 Å². The zero-order valence-corrected chi connectivity index (χ0v) is 19.2. The number of rotatable bonds is 11. The number of ether oxygens (including phenoxy) is 1. The molecule has 0 aliphatic carbocycles. The standard InChI is InChI=1S/C26H36O2S/c1-5-10-22(18-26(2,3)4)23(19-27)11-7-6-8-15-28-25-13-9-12-21(17-25)24-14-16-29-20-24/h5,9-14,16-17,20,22,27H,6-8,15,18-19H2,1-4H3. The SMILES string of the molecule is CC=CC(CC(C)(C)C)C(=CCCCCOc1cccc(-c2ccsc2)c1)CO. The highest BCUT2D eigenvalue weighted by Gasteiger charge is 2.19. The summed E-state index contributed by atoms with van der Waals surface area (Å²) in [4.78, 5) is 0. The summed E-state index contributed by atoms with van der Waals surface area (Å²) in [6.45, 7) is 9.66. The minimum absolute atomic E-state index is 0.136. The quantitative estimate of drug-likeness (QED) is 0.305. The molecule has 2 aromatic rings. The Labute approximate surface area is 180 Å². The fourth-order valence-corrected chi connectivity index (χ4v) is 4.13. The van der Waals surface area contributed by atoms with E-state index >= 15 is 0 Å². The molecular formula is C26H36O2S. The van der Waals surface area contributed by atoms with Crippen molar-refractivity contribution in [2.24, 2.45) is 11.3 Å². The van der Waals surface area contributed by atoms with Crippen LogP contribution in [0.3, 0.4) is 0 Å². The summed E-state index contributed by atoms with van der Waals surface area (Å²) in [5.74, 6) is 1.25. The van der Waals surface area contributed by atoms with Crippen LogP contribution in [0, 0.1) is 11.3 Å². The second-order valence-electron chi connectivity index (χ2n) is 8.72. The van der Waals surface area contributed by atoms with Gasteiger partial charge in [-0.25, -0.2) is 0 Å². The average molecular weight is 413 g/mol. The molecule has 2 rings (SSSR count). The lowest BCUT2D eigenvalue weighted by Gasteiger charge is -2.25. The van der Waals surface area contributed by atoms with Crippen molar-refractivity contribution in [2.45, 2.75) is 53.4 Å². The van der Waals surface area contributed by atoms with Crippen LogP contribution in [0.5, 0.6) is 5.75 Å². The number of thiophene rings is 1. The first kappa shape index (κ1) is 23.4. The van der Waals surface area contributed by atoms with Gasteiger partial charge in [0.2, 0.25) is 0 Å². The fourth-order valence-electron chi connectivity index (χ4n) is 3.47. The average Bonchev–Trinajstić information content (AvgIpc) is 3.21. The van der Waals surface area contributed by atoms with Gasteiger partial charge in [0.05, 0.1) is 13.2 Å². The molecule has 0 spiro atoms. The van der Waals surface area contributed by atoms with E-state index in [1.165, 1.54) is 11.1 Å². The van der Waals surface area contributed by atoms with Crippen LogP contribution in [0.15, 0.2) is 64.9 Å². The zero-order valence-electron chi connectivity index (χ0n) is 18.4. The Morgan fingerprint density at radius 2 is 2.00 bits per heavy atom. The van der Waals surface area contributed by atoms with E-state index in [0.29, 0.717) is 5.92 Å². The Morgan fingerprint density at radius 1 is 1.17 bits per heavy atom. The van der Waals surface area contributed by atoms with E-state index in [4.69, 9.17) is 4.74 Å². The minimum Gasteiger partial charge on any atom is -0.494 e. The van der Waals surface area contributed by atoms with E-state index in [1.54, 1.807) is 11.3 Å². The molecule has 1 heterocycles. The lowest BCUT2D eigenvalue weighted by molar-refractivity contribution is 0.291. The van der Waals surface area contributed by atoms with Crippen molar-refractivity contribution in [2.75, 3.05) is 13.2 Å². The largest absolute Gasteiger partial charge is 0.494 e. The van der Waals surface area contributed by atoms with Crippen LogP contribution in [0.25, 0.3) is 11.1 Å². The molecule has 158 valence electrons. The van der Waals surface area contributed by atoms with Gasteiger partial charge in [0.15, 0.2) is 0 Å². The second-order valence-corrected chi connectivity index (χ2v) is 9.50. The number of hydrogen-bond acceptors (Lipinski definition) is 3. The maximum absolute atomic E-state index is 9.85. The minimum atomic E-state index is 0.136. The monoisotopic (exact) mass is 412 g/mol. The van der Waals surface area contributed by atoms with Crippen LogP contribution in [0.2, 0.25) is 0 Å². The van der Waals surface area contributed by atoms with E-state index in [2.05, 4.69) is 80.9 Å². The van der Waals surface area contributed by atoms with Gasteiger partial charge in [-0.15, -0.1) is 0 Å². The highest BCUT2D eigenvalue weighted by Crippen LogP contribution is 2.30. The summed E-state index contributed by atoms with van der Waals surface area (Å²) in [5.41, 5.74) is 3.83. The van der Waals surface area contributed by atoms with E-state index in [1.807, 2.05) is 6.07 Å². The molecule has 1 aromatic carbocycles. The van der Waals surface area contributed by atoms with E-state index in [-0.39, 0.29) is 12.0 Å². The molecule has 0 amide bonds. The van der Waals surface area contributed by atoms with Crippen molar-refractivity contribution < 1.29 is 9.84 Å². The highest BCUT2D eigenvalue weighted by atomic mass is 32.1. The summed E-state index contributed by atoms with van der Waals surface area (Å²) >= 11 is 1.71. The van der Waals surface area contributed by atoms with Crippen LogP contribution < -0.4 is 4.74 Å². The van der Waals surface area contributed by atoms with E-state index in [0.717, 1.165) is 43.6 Å². The normalized spacial score (nSPS) is 13.8. The second kappa shape index (κ2) is 12.0. The molecule has 1 N–H and O–H groups in total. The molecule has 0 bridgehead atoms. The molecule has 1 unspecified atom stereocenters. The first-order valence-corrected chi connectivity index (χ1v) is 11.6. The van der Waals surface area contributed by atoms with Crippen molar-refractivity contribution in [3.63, 3.8) is 0 Å². The van der Waals surface area contributed by atoms with Crippen LogP contribution in [0.1, 0.15) is 53.4 Å². The molecule has 0 saturated heterocycles. The van der Waals surface area contributed by atoms with Gasteiger partial charge >= 0.3 is 0 Å². The Hall–Kier alpha value is -1.84. The van der Waals surface area contributed by atoms with Crippen molar-refractivity contribution in [3.05, 3.63) is 64.9 Å². The number of aliphatic hydroxyl groups is 1. The van der Waals surface area contributed by atoms with Gasteiger partial charge < -0.3 is 9.84 Å². The molecule has 1 aromatic heterocycles. The molecule has 0 aliphatic heterocycles. The Balaban J connectivity index is 1.79. The summed E-state index contributed by atoms with van der Waals surface area (Å²) in [7, 11) is 0. The van der Waals surface area contributed by atoms with E-state index in [9.17, 15) is 5.11 Å². The third-order valence-corrected chi connectivity index (χ3v) is 5.56. The summed E-state index contributed by atoms with van der Waals surface area (Å²) < 4.78 is 5.95. The van der Waals surface area contributed by atoms with Gasteiger partial charge in [-0.2, -0.15) is 11.3 Å². The lowest BCUT2D eigenvalue weighted by atomic mass is 9.81. The smallest absolute Gasteiger partial charge is 0.119 e. The van der Waals surface area contributed by atoms with E-state index < -0.39 is 0 Å². The van der Waals surface area contributed by atoms with Crippen molar-refractivity contribution in [3.8, 4) is 16.9 Å². The number of benzene rings is 1. The molecule has 0 fully saturated rings. The number of hydrogen-bond donors (Lipinski definition) is 1. The Morgan fingerprint density at radius 3 is 2.66 bits per heavy atom. The zero-order chi connectivity index (χ0) is 21.1. The van der Waals surface area contributed by atoms with Crippen LogP contribution >= 0.6 is 11.3 Å². The number of unbranched alkanes of at least 4 members (excludes halogenated alkanes) is 2. The predicted molar refractivity (Wildman–Crippen MR) is 127 cm³/mol. The molecule has 2 nitrogen and oxygen atoms in total. The van der Waals surface area contributed by atoms with Gasteiger partial charge in [-0.3, -0.25) is 0 Å². The Kier molecular flexibility index (Phi) is 9.69. The molecule has 29 heavy (non-hydrogen) atoms. The first-order chi connectivity index (χ1) is 13.9. The topological polar surface area (TPSA) is 29.5 Å². The molecular weight excluding hydrogens is 376 g/mol. The van der Waals surface area contributed by atoms with Gasteiger partial charge in [0.1, 0.15) is 5.75 Å². The highest BCUT2D eigenvalue weighted by molar-refractivity contribution is 7.08. The third-order valence-electron chi connectivity index (χ3n) is 4.88. The van der Waals surface area contributed by atoms with Crippen molar-refractivity contribution in [1.82, 2.24) is 0 Å². The maximum Gasteiger partial charge on any atom is 0.119 e. The summed E-state index contributed by atoms with van der Waals surface area (Å²) in [6, 6.07) is 10.4. The summed E-state index contributed by atoms with van der Waals surface area (Å²) in [5, 5.41) is 14.1. The molecule has 3 heteroatoms. The number of allylic oxidation sites excluding steroid dienone is 3. The van der Waals surface area contributed by atoms with Crippen LogP contribution in [-0.2, 0) is 0 Å². The predicted octanol–water partition coefficient (Wildman–Crippen LogP) is 7.51.